The van der Waals surface area contributed by atoms with Gasteiger partial charge in [-0.1, -0.05) is 0 Å². The molecule has 2 aliphatic rings. The minimum Gasteiger partial charge on any atom is -0.454 e. The highest BCUT2D eigenvalue weighted by molar-refractivity contribution is 5.49. The quantitative estimate of drug-likeness (QED) is 0.872. The zero-order chi connectivity index (χ0) is 13.2. The first-order chi connectivity index (χ1) is 9.28. The van der Waals surface area contributed by atoms with Gasteiger partial charge in [0.15, 0.2) is 11.5 Å². The van der Waals surface area contributed by atoms with Crippen molar-refractivity contribution in [2.24, 2.45) is 0 Å². The topological polar surface area (TPSA) is 42.5 Å². The van der Waals surface area contributed by atoms with Crippen LogP contribution in [0, 0.1) is 6.92 Å². The van der Waals surface area contributed by atoms with Crippen molar-refractivity contribution >= 4 is 0 Å². The molecule has 2 atom stereocenters. The summed E-state index contributed by atoms with van der Waals surface area (Å²) in [4.78, 5) is 0. The highest BCUT2D eigenvalue weighted by Crippen LogP contribution is 2.37. The smallest absolute Gasteiger partial charge is 0.231 e. The normalized spacial score (nSPS) is 22.7. The van der Waals surface area contributed by atoms with Crippen molar-refractivity contribution in [3.8, 4) is 11.5 Å². The average Bonchev–Trinajstić information content (AvgIpc) is 3.05. The third-order valence-electron chi connectivity index (χ3n) is 4.17. The maximum Gasteiger partial charge on any atom is 0.231 e. The van der Waals surface area contributed by atoms with Gasteiger partial charge in [0, 0.05) is 12.1 Å². The Hall–Kier alpha value is -1.26. The zero-order valence-electron chi connectivity index (χ0n) is 11.7. The minimum atomic E-state index is 0.340. The van der Waals surface area contributed by atoms with E-state index in [4.69, 9.17) is 9.47 Å². The fourth-order valence-corrected chi connectivity index (χ4v) is 3.08. The Bertz CT molecular complexity index is 456. The van der Waals surface area contributed by atoms with E-state index in [2.05, 4.69) is 29.7 Å². The second-order valence-electron chi connectivity index (χ2n) is 5.43. The average molecular weight is 262 g/mol. The second kappa shape index (κ2) is 5.39. The van der Waals surface area contributed by atoms with Crippen LogP contribution >= 0.6 is 0 Å². The van der Waals surface area contributed by atoms with Crippen LogP contribution in [-0.4, -0.2) is 26.4 Å². The molecule has 0 aromatic heterocycles. The van der Waals surface area contributed by atoms with Crippen molar-refractivity contribution < 1.29 is 9.47 Å². The molecule has 2 heterocycles. The van der Waals surface area contributed by atoms with Gasteiger partial charge < -0.3 is 20.1 Å². The van der Waals surface area contributed by atoms with E-state index in [0.29, 0.717) is 18.9 Å². The lowest BCUT2D eigenvalue weighted by molar-refractivity contribution is 0.174. The van der Waals surface area contributed by atoms with Crippen LogP contribution in [0.25, 0.3) is 0 Å². The van der Waals surface area contributed by atoms with Crippen molar-refractivity contribution in [3.63, 3.8) is 0 Å². The molecule has 0 spiro atoms. The van der Waals surface area contributed by atoms with Gasteiger partial charge in [-0.2, -0.15) is 0 Å². The number of benzene rings is 1. The van der Waals surface area contributed by atoms with Crippen molar-refractivity contribution in [3.05, 3.63) is 23.3 Å². The first kappa shape index (κ1) is 12.8. The highest BCUT2D eigenvalue weighted by Gasteiger charge is 2.23. The molecule has 0 radical (unpaired) electrons. The van der Waals surface area contributed by atoms with E-state index in [1.54, 1.807) is 0 Å². The molecule has 2 N–H and O–H groups in total. The Morgan fingerprint density at radius 3 is 2.84 bits per heavy atom. The SMILES string of the molecule is CNC(CC1CCCN1)c1cc2c(cc1C)OCO2. The van der Waals surface area contributed by atoms with E-state index in [-0.39, 0.29) is 0 Å². The van der Waals surface area contributed by atoms with Gasteiger partial charge in [-0.15, -0.1) is 0 Å². The molecule has 104 valence electrons. The lowest BCUT2D eigenvalue weighted by Crippen LogP contribution is -2.28. The Morgan fingerprint density at radius 2 is 2.16 bits per heavy atom. The summed E-state index contributed by atoms with van der Waals surface area (Å²) in [6, 6.07) is 5.21. The minimum absolute atomic E-state index is 0.340. The van der Waals surface area contributed by atoms with Crippen molar-refractivity contribution in [1.82, 2.24) is 10.6 Å². The largest absolute Gasteiger partial charge is 0.454 e. The van der Waals surface area contributed by atoms with Crippen LogP contribution in [0.1, 0.15) is 36.4 Å². The molecule has 2 unspecified atom stereocenters. The van der Waals surface area contributed by atoms with Crippen LogP contribution in [-0.2, 0) is 0 Å². The molecule has 1 aromatic rings. The molecule has 3 rings (SSSR count). The Morgan fingerprint density at radius 1 is 1.37 bits per heavy atom. The predicted molar refractivity (Wildman–Crippen MR) is 74.7 cm³/mol. The Kier molecular flexibility index (Phi) is 3.62. The molecule has 4 heteroatoms. The summed E-state index contributed by atoms with van der Waals surface area (Å²) >= 11 is 0. The van der Waals surface area contributed by atoms with E-state index in [1.165, 1.54) is 24.0 Å². The van der Waals surface area contributed by atoms with E-state index in [0.717, 1.165) is 24.5 Å². The van der Waals surface area contributed by atoms with Crippen LogP contribution in [0.3, 0.4) is 0 Å². The van der Waals surface area contributed by atoms with Crippen LogP contribution in [0.4, 0.5) is 0 Å². The van der Waals surface area contributed by atoms with E-state index < -0.39 is 0 Å². The Balaban J connectivity index is 1.82. The highest BCUT2D eigenvalue weighted by atomic mass is 16.7. The first-order valence-electron chi connectivity index (χ1n) is 7.08. The van der Waals surface area contributed by atoms with Crippen LogP contribution < -0.4 is 20.1 Å². The number of hydrogen-bond acceptors (Lipinski definition) is 4. The number of nitrogens with one attached hydrogen (secondary N) is 2. The van der Waals surface area contributed by atoms with E-state index >= 15 is 0 Å². The molecule has 0 saturated carbocycles. The Labute approximate surface area is 114 Å². The number of fused-ring (bicyclic) bond motifs is 1. The van der Waals surface area contributed by atoms with Gasteiger partial charge in [0.25, 0.3) is 0 Å². The molecule has 1 saturated heterocycles. The van der Waals surface area contributed by atoms with Crippen LogP contribution in [0.15, 0.2) is 12.1 Å². The lowest BCUT2D eigenvalue weighted by atomic mass is 9.94. The molecular formula is C15H22N2O2. The number of ether oxygens (including phenoxy) is 2. The number of aryl methyl sites for hydroxylation is 1. The fraction of sp³-hybridized carbons (Fsp3) is 0.600. The molecule has 19 heavy (non-hydrogen) atoms. The maximum atomic E-state index is 5.49. The molecule has 0 bridgehead atoms. The third kappa shape index (κ3) is 2.55. The zero-order valence-corrected chi connectivity index (χ0v) is 11.7. The van der Waals surface area contributed by atoms with Gasteiger partial charge in [-0.25, -0.2) is 0 Å². The van der Waals surface area contributed by atoms with Crippen molar-refractivity contribution in [1.29, 1.82) is 0 Å². The number of hydrogen-bond donors (Lipinski definition) is 2. The summed E-state index contributed by atoms with van der Waals surface area (Å²) in [7, 11) is 2.03. The molecule has 0 aliphatic carbocycles. The van der Waals surface area contributed by atoms with Crippen LogP contribution in [0.2, 0.25) is 0 Å². The fourth-order valence-electron chi connectivity index (χ4n) is 3.08. The second-order valence-corrected chi connectivity index (χ2v) is 5.43. The molecule has 1 fully saturated rings. The maximum absolute atomic E-state index is 5.49. The summed E-state index contributed by atoms with van der Waals surface area (Å²) in [5.41, 5.74) is 2.59. The summed E-state index contributed by atoms with van der Waals surface area (Å²) < 4.78 is 10.9. The van der Waals surface area contributed by atoms with Crippen molar-refractivity contribution in [2.45, 2.75) is 38.3 Å². The molecule has 1 aromatic carbocycles. The van der Waals surface area contributed by atoms with Gasteiger partial charge in [0.1, 0.15) is 0 Å². The summed E-state index contributed by atoms with van der Waals surface area (Å²) in [6.45, 7) is 3.64. The van der Waals surface area contributed by atoms with Crippen molar-refractivity contribution in [2.75, 3.05) is 20.4 Å². The number of rotatable bonds is 4. The van der Waals surface area contributed by atoms with Gasteiger partial charge in [-0.3, -0.25) is 0 Å². The van der Waals surface area contributed by atoms with Gasteiger partial charge >= 0.3 is 0 Å². The first-order valence-corrected chi connectivity index (χ1v) is 7.08. The lowest BCUT2D eigenvalue weighted by Gasteiger charge is -2.22. The molecule has 4 nitrogen and oxygen atoms in total. The van der Waals surface area contributed by atoms with Crippen LogP contribution in [0.5, 0.6) is 11.5 Å². The predicted octanol–water partition coefficient (Wildman–Crippen LogP) is 2.13. The van der Waals surface area contributed by atoms with Gasteiger partial charge in [0.05, 0.1) is 0 Å². The molecular weight excluding hydrogens is 240 g/mol. The standard InChI is InChI=1S/C15H22N2O2/c1-10-6-14-15(19-9-18-14)8-12(10)13(16-2)7-11-4-3-5-17-11/h6,8,11,13,16-17H,3-5,7,9H2,1-2H3. The molecule has 2 aliphatic heterocycles. The van der Waals surface area contributed by atoms with E-state index in [9.17, 15) is 0 Å². The molecule has 0 amide bonds. The van der Waals surface area contributed by atoms with E-state index in [1.807, 2.05) is 7.05 Å². The summed E-state index contributed by atoms with van der Waals surface area (Å²) in [6.07, 6.45) is 3.69. The van der Waals surface area contributed by atoms with Gasteiger partial charge in [-0.05, 0) is 63.0 Å². The third-order valence-corrected chi connectivity index (χ3v) is 4.17. The monoisotopic (exact) mass is 262 g/mol. The van der Waals surface area contributed by atoms with Gasteiger partial charge in [0.2, 0.25) is 6.79 Å². The summed E-state index contributed by atoms with van der Waals surface area (Å²) in [5.74, 6) is 1.75. The summed E-state index contributed by atoms with van der Waals surface area (Å²) in [5, 5.41) is 7.01.